The van der Waals surface area contributed by atoms with E-state index >= 15 is 0 Å². The van der Waals surface area contributed by atoms with Gasteiger partial charge in [-0.3, -0.25) is 9.59 Å². The Morgan fingerprint density at radius 3 is 3.12 bits per heavy atom. The van der Waals surface area contributed by atoms with E-state index in [4.69, 9.17) is 0 Å². The number of carbonyl (C=O) groups is 1. The second-order valence-corrected chi connectivity index (χ2v) is 3.98. The molecule has 5 heteroatoms. The number of rotatable bonds is 3. The zero-order valence-corrected chi connectivity index (χ0v) is 8.95. The SMILES string of the molecule is O=C(NCC1CCNC1)c1ccc[nH]c1=O. The quantitative estimate of drug-likeness (QED) is 0.657. The van der Waals surface area contributed by atoms with E-state index in [1.54, 1.807) is 6.07 Å². The van der Waals surface area contributed by atoms with Crippen molar-refractivity contribution in [1.82, 2.24) is 15.6 Å². The summed E-state index contributed by atoms with van der Waals surface area (Å²) in [7, 11) is 0. The minimum Gasteiger partial charge on any atom is -0.352 e. The summed E-state index contributed by atoms with van der Waals surface area (Å²) in [5.74, 6) is 0.181. The first-order chi connectivity index (χ1) is 7.77. The number of aromatic nitrogens is 1. The van der Waals surface area contributed by atoms with Gasteiger partial charge in [0.1, 0.15) is 5.56 Å². The molecule has 0 saturated carbocycles. The predicted molar refractivity (Wildman–Crippen MR) is 60.4 cm³/mol. The van der Waals surface area contributed by atoms with E-state index < -0.39 is 0 Å². The van der Waals surface area contributed by atoms with Gasteiger partial charge in [0.05, 0.1) is 0 Å². The lowest BCUT2D eigenvalue weighted by molar-refractivity contribution is 0.0946. The fourth-order valence-electron chi connectivity index (χ4n) is 1.82. The number of pyridine rings is 1. The van der Waals surface area contributed by atoms with Gasteiger partial charge in [-0.1, -0.05) is 0 Å². The van der Waals surface area contributed by atoms with Crippen molar-refractivity contribution >= 4 is 5.91 Å². The number of nitrogens with one attached hydrogen (secondary N) is 3. The van der Waals surface area contributed by atoms with Gasteiger partial charge in [0.15, 0.2) is 0 Å². The second kappa shape index (κ2) is 4.94. The molecule has 1 aromatic heterocycles. The highest BCUT2D eigenvalue weighted by atomic mass is 16.2. The van der Waals surface area contributed by atoms with Gasteiger partial charge in [-0.15, -0.1) is 0 Å². The third-order valence-corrected chi connectivity index (χ3v) is 2.78. The summed E-state index contributed by atoms with van der Waals surface area (Å²) in [4.78, 5) is 25.5. The van der Waals surface area contributed by atoms with Crippen LogP contribution in [0.5, 0.6) is 0 Å². The molecule has 2 rings (SSSR count). The average molecular weight is 221 g/mol. The molecule has 0 aliphatic carbocycles. The van der Waals surface area contributed by atoms with E-state index in [0.29, 0.717) is 12.5 Å². The van der Waals surface area contributed by atoms with Crippen molar-refractivity contribution in [3.8, 4) is 0 Å². The Morgan fingerprint density at radius 2 is 2.44 bits per heavy atom. The molecule has 1 fully saturated rings. The van der Waals surface area contributed by atoms with Crippen LogP contribution >= 0.6 is 0 Å². The van der Waals surface area contributed by atoms with Crippen molar-refractivity contribution in [3.05, 3.63) is 34.2 Å². The molecule has 1 saturated heterocycles. The lowest BCUT2D eigenvalue weighted by Crippen LogP contribution is -2.33. The van der Waals surface area contributed by atoms with Crippen LogP contribution in [0.2, 0.25) is 0 Å². The van der Waals surface area contributed by atoms with Crippen LogP contribution in [-0.4, -0.2) is 30.5 Å². The topological polar surface area (TPSA) is 74.0 Å². The largest absolute Gasteiger partial charge is 0.352 e. The van der Waals surface area contributed by atoms with Crippen LogP contribution in [0, 0.1) is 5.92 Å². The van der Waals surface area contributed by atoms with Crippen LogP contribution in [0.1, 0.15) is 16.8 Å². The Bertz CT molecular complexity index is 421. The molecule has 1 aromatic rings. The van der Waals surface area contributed by atoms with Gasteiger partial charge in [-0.2, -0.15) is 0 Å². The van der Waals surface area contributed by atoms with Crippen LogP contribution in [0.3, 0.4) is 0 Å². The Balaban J connectivity index is 1.93. The van der Waals surface area contributed by atoms with Crippen molar-refractivity contribution in [1.29, 1.82) is 0 Å². The van der Waals surface area contributed by atoms with E-state index in [0.717, 1.165) is 19.5 Å². The molecule has 3 N–H and O–H groups in total. The third kappa shape index (κ3) is 2.49. The minimum atomic E-state index is -0.343. The molecule has 1 aliphatic heterocycles. The summed E-state index contributed by atoms with van der Waals surface area (Å²) < 4.78 is 0. The number of H-pyrrole nitrogens is 1. The first-order valence-corrected chi connectivity index (χ1v) is 5.44. The molecule has 5 nitrogen and oxygen atoms in total. The predicted octanol–water partition coefficient (Wildman–Crippen LogP) is -0.286. The number of aromatic amines is 1. The Kier molecular flexibility index (Phi) is 3.36. The first-order valence-electron chi connectivity index (χ1n) is 5.44. The maximum atomic E-state index is 11.7. The summed E-state index contributed by atoms with van der Waals surface area (Å²) >= 11 is 0. The maximum absolute atomic E-state index is 11.7. The van der Waals surface area contributed by atoms with Gasteiger partial charge < -0.3 is 15.6 Å². The average Bonchev–Trinajstić information content (AvgIpc) is 2.79. The van der Waals surface area contributed by atoms with Crippen LogP contribution in [0.15, 0.2) is 23.1 Å². The number of hydrogen-bond donors (Lipinski definition) is 3. The van der Waals surface area contributed by atoms with Gasteiger partial charge in [0, 0.05) is 12.7 Å². The highest BCUT2D eigenvalue weighted by Gasteiger charge is 2.16. The Hall–Kier alpha value is -1.62. The third-order valence-electron chi connectivity index (χ3n) is 2.78. The molecule has 16 heavy (non-hydrogen) atoms. The summed E-state index contributed by atoms with van der Waals surface area (Å²) in [5.41, 5.74) is -0.169. The van der Waals surface area contributed by atoms with Gasteiger partial charge in [0.2, 0.25) is 0 Å². The Morgan fingerprint density at radius 1 is 1.56 bits per heavy atom. The van der Waals surface area contributed by atoms with Gasteiger partial charge in [0.25, 0.3) is 11.5 Å². The van der Waals surface area contributed by atoms with E-state index in [1.165, 1.54) is 12.3 Å². The van der Waals surface area contributed by atoms with Crippen molar-refractivity contribution < 1.29 is 4.79 Å². The molecule has 86 valence electrons. The summed E-state index contributed by atoms with van der Waals surface area (Å²) in [6.45, 7) is 2.57. The van der Waals surface area contributed by atoms with E-state index in [-0.39, 0.29) is 17.0 Å². The molecule has 2 heterocycles. The van der Waals surface area contributed by atoms with Crippen LogP contribution < -0.4 is 16.2 Å². The van der Waals surface area contributed by atoms with Crippen LogP contribution in [0.25, 0.3) is 0 Å². The number of hydrogen-bond acceptors (Lipinski definition) is 3. The smallest absolute Gasteiger partial charge is 0.260 e. The second-order valence-electron chi connectivity index (χ2n) is 3.98. The highest BCUT2D eigenvalue weighted by molar-refractivity contribution is 5.93. The molecular formula is C11H15N3O2. The first kappa shape index (κ1) is 10.9. The van der Waals surface area contributed by atoms with Crippen LogP contribution in [-0.2, 0) is 0 Å². The number of amides is 1. The molecule has 1 unspecified atom stereocenters. The molecule has 0 spiro atoms. The standard InChI is InChI=1S/C11H15N3O2/c15-10-9(2-1-4-13-10)11(16)14-7-8-3-5-12-6-8/h1-2,4,8,12H,3,5-7H2,(H,13,15)(H,14,16). The molecule has 1 aliphatic rings. The van der Waals surface area contributed by atoms with E-state index in [1.807, 2.05) is 0 Å². The Labute approximate surface area is 93.3 Å². The lowest BCUT2D eigenvalue weighted by Gasteiger charge is -2.09. The summed E-state index contributed by atoms with van der Waals surface area (Å²) in [6.07, 6.45) is 2.59. The monoisotopic (exact) mass is 221 g/mol. The zero-order chi connectivity index (χ0) is 11.4. The van der Waals surface area contributed by atoms with Crippen molar-refractivity contribution in [2.75, 3.05) is 19.6 Å². The number of carbonyl (C=O) groups excluding carboxylic acids is 1. The molecule has 0 aromatic carbocycles. The van der Waals surface area contributed by atoms with Gasteiger partial charge >= 0.3 is 0 Å². The molecule has 0 bridgehead atoms. The molecule has 0 radical (unpaired) electrons. The zero-order valence-electron chi connectivity index (χ0n) is 8.95. The molecule has 1 atom stereocenters. The fourth-order valence-corrected chi connectivity index (χ4v) is 1.82. The van der Waals surface area contributed by atoms with Crippen molar-refractivity contribution in [2.24, 2.45) is 5.92 Å². The highest BCUT2D eigenvalue weighted by Crippen LogP contribution is 2.05. The van der Waals surface area contributed by atoms with Gasteiger partial charge in [-0.25, -0.2) is 0 Å². The van der Waals surface area contributed by atoms with E-state index in [2.05, 4.69) is 15.6 Å². The van der Waals surface area contributed by atoms with Gasteiger partial charge in [-0.05, 0) is 37.6 Å². The molecule has 1 amide bonds. The van der Waals surface area contributed by atoms with Crippen LogP contribution in [0.4, 0.5) is 0 Å². The van der Waals surface area contributed by atoms with Crippen molar-refractivity contribution in [2.45, 2.75) is 6.42 Å². The molecular weight excluding hydrogens is 206 g/mol. The normalized spacial score (nSPS) is 19.6. The summed E-state index contributed by atoms with van der Waals surface area (Å²) in [5, 5.41) is 6.01. The lowest BCUT2D eigenvalue weighted by atomic mass is 10.1. The maximum Gasteiger partial charge on any atom is 0.260 e. The minimum absolute atomic E-state index is 0.174. The fraction of sp³-hybridized carbons (Fsp3) is 0.455. The summed E-state index contributed by atoms with van der Waals surface area (Å²) in [6, 6.07) is 3.18. The van der Waals surface area contributed by atoms with E-state index in [9.17, 15) is 9.59 Å². The van der Waals surface area contributed by atoms with Crippen molar-refractivity contribution in [3.63, 3.8) is 0 Å².